The predicted molar refractivity (Wildman–Crippen MR) is 71.5 cm³/mol. The number of ether oxygens (including phenoxy) is 2. The molecule has 2 aliphatic rings. The summed E-state index contributed by atoms with van der Waals surface area (Å²) in [4.78, 5) is 25.1. The number of rotatable bonds is 3. The van der Waals surface area contributed by atoms with Gasteiger partial charge in [-0.2, -0.15) is 0 Å². The highest BCUT2D eigenvalue weighted by Gasteiger charge is 2.52. The molecule has 0 aromatic carbocycles. The van der Waals surface area contributed by atoms with Gasteiger partial charge in [0.15, 0.2) is 0 Å². The van der Waals surface area contributed by atoms with Gasteiger partial charge in [0.05, 0.1) is 24.7 Å². The normalized spacial score (nSPS) is 25.1. The van der Waals surface area contributed by atoms with Crippen LogP contribution in [0.3, 0.4) is 0 Å². The van der Waals surface area contributed by atoms with Gasteiger partial charge in [0.25, 0.3) is 0 Å². The van der Waals surface area contributed by atoms with Crippen molar-refractivity contribution in [2.45, 2.75) is 51.7 Å². The van der Waals surface area contributed by atoms with E-state index < -0.39 is 17.0 Å². The molecule has 0 radical (unpaired) electrons. The summed E-state index contributed by atoms with van der Waals surface area (Å²) in [5.41, 5.74) is -1.21. The van der Waals surface area contributed by atoms with E-state index in [9.17, 15) is 14.7 Å². The van der Waals surface area contributed by atoms with Gasteiger partial charge in [0.1, 0.15) is 5.60 Å². The quantitative estimate of drug-likeness (QED) is 0.856. The molecule has 1 atom stereocenters. The zero-order chi connectivity index (χ0) is 15.0. The van der Waals surface area contributed by atoms with Crippen LogP contribution in [0.2, 0.25) is 0 Å². The van der Waals surface area contributed by atoms with E-state index in [1.165, 1.54) is 0 Å². The fourth-order valence-electron chi connectivity index (χ4n) is 2.49. The van der Waals surface area contributed by atoms with E-state index >= 15 is 0 Å². The molecule has 1 N–H and O–H groups in total. The number of hydrogen-bond acceptors (Lipinski definition) is 4. The van der Waals surface area contributed by atoms with Gasteiger partial charge < -0.3 is 19.5 Å². The van der Waals surface area contributed by atoms with Crippen molar-refractivity contribution >= 4 is 12.1 Å². The second-order valence-electron chi connectivity index (χ2n) is 6.69. The first-order chi connectivity index (χ1) is 9.23. The number of carbonyl (C=O) groups is 2. The molecule has 114 valence electrons. The van der Waals surface area contributed by atoms with Crippen LogP contribution in [0.25, 0.3) is 0 Å². The summed E-state index contributed by atoms with van der Waals surface area (Å²) in [5.74, 6) is -0.771. The van der Waals surface area contributed by atoms with Crippen molar-refractivity contribution in [2.24, 2.45) is 5.41 Å². The molecule has 0 bridgehead atoms. The average molecular weight is 285 g/mol. The molecule has 6 nitrogen and oxygen atoms in total. The second-order valence-corrected chi connectivity index (χ2v) is 6.69. The second kappa shape index (κ2) is 5.24. The zero-order valence-corrected chi connectivity index (χ0v) is 12.3. The molecule has 1 aliphatic heterocycles. The maximum Gasteiger partial charge on any atom is 0.410 e. The Kier molecular flexibility index (Phi) is 3.95. The molecule has 0 aromatic rings. The zero-order valence-electron chi connectivity index (χ0n) is 12.3. The third kappa shape index (κ3) is 3.42. The lowest BCUT2D eigenvalue weighted by Gasteiger charge is -2.37. The summed E-state index contributed by atoms with van der Waals surface area (Å²) < 4.78 is 10.8. The summed E-state index contributed by atoms with van der Waals surface area (Å²) in [6, 6.07) is -0.211. The number of nitrogens with zero attached hydrogens (tertiary/aromatic N) is 1. The standard InChI is InChI=1S/C14H23NO5/c1-13(2,3)20-12(18)15-6-7-19-9-10(15)8-14(4-5-14)11(16)17/h10H,4-9H2,1-3H3,(H,16,17). The smallest absolute Gasteiger partial charge is 0.410 e. The van der Waals surface area contributed by atoms with Crippen LogP contribution in [-0.4, -0.2) is 53.5 Å². The van der Waals surface area contributed by atoms with Crippen LogP contribution in [0.1, 0.15) is 40.0 Å². The molecule has 0 spiro atoms. The van der Waals surface area contributed by atoms with E-state index in [2.05, 4.69) is 0 Å². The summed E-state index contributed by atoms with van der Waals surface area (Å²) >= 11 is 0. The number of hydrogen-bond donors (Lipinski definition) is 1. The van der Waals surface area contributed by atoms with Crippen LogP contribution >= 0.6 is 0 Å². The summed E-state index contributed by atoms with van der Waals surface area (Å²) in [6.07, 6.45) is 1.43. The monoisotopic (exact) mass is 285 g/mol. The third-order valence-electron chi connectivity index (χ3n) is 3.79. The van der Waals surface area contributed by atoms with Gasteiger partial charge in [-0.15, -0.1) is 0 Å². The first-order valence-corrected chi connectivity index (χ1v) is 7.04. The molecule has 1 saturated carbocycles. The van der Waals surface area contributed by atoms with Gasteiger partial charge in [0.2, 0.25) is 0 Å². The first-order valence-electron chi connectivity index (χ1n) is 7.04. The minimum atomic E-state index is -0.771. The van der Waals surface area contributed by atoms with E-state index in [1.54, 1.807) is 4.90 Å². The van der Waals surface area contributed by atoms with Crippen LogP contribution in [-0.2, 0) is 14.3 Å². The minimum Gasteiger partial charge on any atom is -0.481 e. The van der Waals surface area contributed by atoms with E-state index in [0.717, 1.165) is 0 Å². The highest BCUT2D eigenvalue weighted by Crippen LogP contribution is 2.50. The lowest BCUT2D eigenvalue weighted by molar-refractivity contribution is -0.145. The number of carbonyl (C=O) groups excluding carboxylic acids is 1. The molecule has 1 heterocycles. The van der Waals surface area contributed by atoms with E-state index in [1.807, 2.05) is 20.8 Å². The Labute approximate surface area is 119 Å². The number of carboxylic acid groups (broad SMARTS) is 1. The number of aliphatic carboxylic acids is 1. The van der Waals surface area contributed by atoms with Crippen LogP contribution in [0.4, 0.5) is 4.79 Å². The SMILES string of the molecule is CC(C)(C)OC(=O)N1CCOCC1CC1(C(=O)O)CC1. The van der Waals surface area contributed by atoms with Gasteiger partial charge in [-0.3, -0.25) is 4.79 Å². The summed E-state index contributed by atoms with van der Waals surface area (Å²) in [6.45, 7) is 6.76. The van der Waals surface area contributed by atoms with Crippen molar-refractivity contribution in [3.05, 3.63) is 0 Å². The van der Waals surface area contributed by atoms with Gasteiger partial charge in [-0.05, 0) is 40.0 Å². The Morgan fingerprint density at radius 1 is 1.40 bits per heavy atom. The predicted octanol–water partition coefficient (Wildman–Crippen LogP) is 1.88. The fourth-order valence-corrected chi connectivity index (χ4v) is 2.49. The van der Waals surface area contributed by atoms with Crippen molar-refractivity contribution in [1.29, 1.82) is 0 Å². The molecule has 6 heteroatoms. The van der Waals surface area contributed by atoms with E-state index in [0.29, 0.717) is 39.0 Å². The van der Waals surface area contributed by atoms with Gasteiger partial charge in [-0.1, -0.05) is 0 Å². The Hall–Kier alpha value is -1.30. The Morgan fingerprint density at radius 2 is 2.05 bits per heavy atom. The fraction of sp³-hybridized carbons (Fsp3) is 0.857. The van der Waals surface area contributed by atoms with Crippen molar-refractivity contribution in [1.82, 2.24) is 4.90 Å². The molecule has 1 amide bonds. The summed E-state index contributed by atoms with van der Waals surface area (Å²) in [5, 5.41) is 9.27. The molecule has 1 saturated heterocycles. The Balaban J connectivity index is 2.02. The topological polar surface area (TPSA) is 76.1 Å². The highest BCUT2D eigenvalue weighted by atomic mass is 16.6. The van der Waals surface area contributed by atoms with Gasteiger partial charge >= 0.3 is 12.1 Å². The molecule has 0 aromatic heterocycles. The van der Waals surface area contributed by atoms with Crippen LogP contribution in [0.5, 0.6) is 0 Å². The average Bonchev–Trinajstić information content (AvgIpc) is 3.08. The molecule has 1 aliphatic carbocycles. The van der Waals surface area contributed by atoms with Crippen molar-refractivity contribution in [3.8, 4) is 0 Å². The lowest BCUT2D eigenvalue weighted by atomic mass is 9.96. The van der Waals surface area contributed by atoms with Gasteiger partial charge in [-0.25, -0.2) is 4.79 Å². The molecule has 20 heavy (non-hydrogen) atoms. The van der Waals surface area contributed by atoms with Crippen molar-refractivity contribution < 1.29 is 24.2 Å². The van der Waals surface area contributed by atoms with Crippen molar-refractivity contribution in [3.63, 3.8) is 0 Å². The minimum absolute atomic E-state index is 0.211. The molecular formula is C14H23NO5. The largest absolute Gasteiger partial charge is 0.481 e. The van der Waals surface area contributed by atoms with Crippen LogP contribution in [0, 0.1) is 5.41 Å². The lowest BCUT2D eigenvalue weighted by Crippen LogP contribution is -2.51. The highest BCUT2D eigenvalue weighted by molar-refractivity contribution is 5.78. The van der Waals surface area contributed by atoms with Crippen LogP contribution in [0.15, 0.2) is 0 Å². The van der Waals surface area contributed by atoms with Crippen molar-refractivity contribution in [2.75, 3.05) is 19.8 Å². The molecule has 2 rings (SSSR count). The maximum absolute atomic E-state index is 12.2. The maximum atomic E-state index is 12.2. The van der Waals surface area contributed by atoms with Crippen LogP contribution < -0.4 is 0 Å². The number of morpholine rings is 1. The number of amides is 1. The number of carboxylic acids is 1. The van der Waals surface area contributed by atoms with Gasteiger partial charge in [0, 0.05) is 6.54 Å². The Morgan fingerprint density at radius 3 is 2.55 bits per heavy atom. The summed E-state index contributed by atoms with van der Waals surface area (Å²) in [7, 11) is 0. The Bertz CT molecular complexity index is 397. The van der Waals surface area contributed by atoms with E-state index in [4.69, 9.17) is 9.47 Å². The third-order valence-corrected chi connectivity index (χ3v) is 3.79. The molecule has 2 fully saturated rings. The molecular weight excluding hydrogens is 262 g/mol. The first kappa shape index (κ1) is 15.1. The van der Waals surface area contributed by atoms with E-state index in [-0.39, 0.29) is 12.1 Å². The molecule has 1 unspecified atom stereocenters.